The first kappa shape index (κ1) is 25.9. The SMILES string of the molecule is COC(=O)c1ccc2c(c1)OCC(c1ccc(OCc3c(-c4c(Cl)cccc4Cl)noc3C3CC3)cc1Cl)O2. The van der Waals surface area contributed by atoms with Crippen molar-refractivity contribution in [3.05, 3.63) is 92.1 Å². The maximum absolute atomic E-state index is 11.8. The summed E-state index contributed by atoms with van der Waals surface area (Å²) in [5, 5.41) is 5.76. The van der Waals surface area contributed by atoms with E-state index >= 15 is 0 Å². The molecule has 10 heteroatoms. The normalized spacial score (nSPS) is 16.2. The van der Waals surface area contributed by atoms with Gasteiger partial charge in [-0.15, -0.1) is 0 Å². The predicted octanol–water partition coefficient (Wildman–Crippen LogP) is 8.06. The van der Waals surface area contributed by atoms with Crippen LogP contribution in [0.4, 0.5) is 0 Å². The van der Waals surface area contributed by atoms with Crippen LogP contribution in [-0.2, 0) is 11.3 Å². The van der Waals surface area contributed by atoms with Gasteiger partial charge in [0, 0.05) is 17.0 Å². The van der Waals surface area contributed by atoms with Gasteiger partial charge in [-0.05, 0) is 55.3 Å². The Labute approximate surface area is 239 Å². The zero-order valence-corrected chi connectivity index (χ0v) is 23.0. The van der Waals surface area contributed by atoms with Crippen LogP contribution in [0.5, 0.6) is 17.2 Å². The number of carbonyl (C=O) groups is 1. The first-order chi connectivity index (χ1) is 18.9. The van der Waals surface area contributed by atoms with Crippen LogP contribution in [0, 0.1) is 0 Å². The van der Waals surface area contributed by atoms with Crippen molar-refractivity contribution in [1.82, 2.24) is 5.16 Å². The molecular weight excluding hydrogens is 565 g/mol. The van der Waals surface area contributed by atoms with E-state index in [4.69, 9.17) is 58.3 Å². The third-order valence-electron chi connectivity index (χ3n) is 6.69. The number of fused-ring (bicyclic) bond motifs is 1. The summed E-state index contributed by atoms with van der Waals surface area (Å²) < 4.78 is 28.6. The number of aromatic nitrogens is 1. The number of rotatable bonds is 7. The summed E-state index contributed by atoms with van der Waals surface area (Å²) in [5.41, 5.74) is 3.16. The standard InChI is InChI=1S/C29H22Cl3NO6/c1-35-29(34)16-7-10-23-24(11-16)37-14-25(38-23)18-9-8-17(12-22(18)32)36-13-19-27(33-39-28(19)15-5-6-15)26-20(30)3-2-4-21(26)31/h2-4,7-12,15,25H,5-6,13-14H2,1H3. The Morgan fingerprint density at radius 1 is 1.00 bits per heavy atom. The number of methoxy groups -OCH3 is 1. The largest absolute Gasteiger partial charge is 0.489 e. The molecule has 2 heterocycles. The summed E-state index contributed by atoms with van der Waals surface area (Å²) in [7, 11) is 1.33. The Balaban J connectivity index is 1.20. The van der Waals surface area contributed by atoms with Gasteiger partial charge >= 0.3 is 5.97 Å². The van der Waals surface area contributed by atoms with Crippen LogP contribution in [0.3, 0.4) is 0 Å². The molecule has 3 aromatic carbocycles. The van der Waals surface area contributed by atoms with Crippen molar-refractivity contribution >= 4 is 40.8 Å². The maximum atomic E-state index is 11.8. The van der Waals surface area contributed by atoms with E-state index in [2.05, 4.69) is 5.16 Å². The van der Waals surface area contributed by atoms with Gasteiger partial charge in [0.05, 0.1) is 33.3 Å². The molecule has 1 aliphatic heterocycles. The van der Waals surface area contributed by atoms with Crippen molar-refractivity contribution in [2.45, 2.75) is 31.5 Å². The maximum Gasteiger partial charge on any atom is 0.337 e. The van der Waals surface area contributed by atoms with E-state index < -0.39 is 12.1 Å². The summed E-state index contributed by atoms with van der Waals surface area (Å²) in [5.74, 6) is 2.22. The van der Waals surface area contributed by atoms with Gasteiger partial charge in [0.1, 0.15) is 30.4 Å². The van der Waals surface area contributed by atoms with Gasteiger partial charge in [-0.25, -0.2) is 4.79 Å². The van der Waals surface area contributed by atoms with Crippen LogP contribution >= 0.6 is 34.8 Å². The Morgan fingerprint density at radius 2 is 1.79 bits per heavy atom. The number of hydrogen-bond donors (Lipinski definition) is 0. The molecule has 1 aliphatic carbocycles. The quantitative estimate of drug-likeness (QED) is 0.203. The van der Waals surface area contributed by atoms with Crippen LogP contribution in [0.25, 0.3) is 11.3 Å². The highest BCUT2D eigenvalue weighted by Crippen LogP contribution is 2.46. The first-order valence-corrected chi connectivity index (χ1v) is 13.4. The molecule has 0 saturated heterocycles. The summed E-state index contributed by atoms with van der Waals surface area (Å²) in [6, 6.07) is 15.6. The van der Waals surface area contributed by atoms with E-state index in [1.165, 1.54) is 7.11 Å². The molecule has 6 rings (SSSR count). The van der Waals surface area contributed by atoms with Crippen molar-refractivity contribution in [2.75, 3.05) is 13.7 Å². The second kappa shape index (κ2) is 10.6. The Hall–Kier alpha value is -3.39. The van der Waals surface area contributed by atoms with E-state index in [0.717, 1.165) is 29.7 Å². The molecule has 0 bridgehead atoms. The van der Waals surface area contributed by atoms with E-state index in [9.17, 15) is 4.79 Å². The second-order valence-corrected chi connectivity index (χ2v) is 10.5. The van der Waals surface area contributed by atoms with Crippen LogP contribution in [-0.4, -0.2) is 24.8 Å². The topological polar surface area (TPSA) is 80.0 Å². The van der Waals surface area contributed by atoms with Crippen molar-refractivity contribution in [2.24, 2.45) is 0 Å². The molecule has 1 unspecified atom stereocenters. The van der Waals surface area contributed by atoms with Gasteiger partial charge in [0.15, 0.2) is 17.6 Å². The zero-order valence-electron chi connectivity index (χ0n) is 20.7. The van der Waals surface area contributed by atoms with Crippen LogP contribution in [0.2, 0.25) is 15.1 Å². The predicted molar refractivity (Wildman–Crippen MR) is 146 cm³/mol. The highest BCUT2D eigenvalue weighted by atomic mass is 35.5. The third kappa shape index (κ3) is 5.14. The van der Waals surface area contributed by atoms with Gasteiger partial charge in [-0.2, -0.15) is 0 Å². The number of halogens is 3. The fourth-order valence-corrected chi connectivity index (χ4v) is 5.40. The molecule has 0 amide bonds. The van der Waals surface area contributed by atoms with E-state index in [1.807, 2.05) is 12.1 Å². The smallest absolute Gasteiger partial charge is 0.337 e. The average Bonchev–Trinajstić information content (AvgIpc) is 3.71. The number of ether oxygens (including phenoxy) is 4. The van der Waals surface area contributed by atoms with E-state index in [0.29, 0.717) is 55.1 Å². The van der Waals surface area contributed by atoms with Gasteiger partial charge in [0.2, 0.25) is 0 Å². The molecule has 4 aromatic rings. The molecule has 2 aliphatic rings. The molecule has 0 spiro atoms. The van der Waals surface area contributed by atoms with E-state index in [-0.39, 0.29) is 13.2 Å². The lowest BCUT2D eigenvalue weighted by atomic mass is 10.0. The summed E-state index contributed by atoms with van der Waals surface area (Å²) in [6.07, 6.45) is 1.64. The minimum Gasteiger partial charge on any atom is -0.489 e. The first-order valence-electron chi connectivity index (χ1n) is 12.3. The van der Waals surface area contributed by atoms with E-state index in [1.54, 1.807) is 42.5 Å². The molecule has 1 aromatic heterocycles. The van der Waals surface area contributed by atoms with Gasteiger partial charge < -0.3 is 23.5 Å². The fourth-order valence-electron chi connectivity index (χ4n) is 4.53. The molecule has 200 valence electrons. The van der Waals surface area contributed by atoms with Crippen molar-refractivity contribution < 1.29 is 28.3 Å². The fraction of sp³-hybridized carbons (Fsp3) is 0.241. The number of esters is 1. The summed E-state index contributed by atoms with van der Waals surface area (Å²) in [6.45, 7) is 0.436. The molecule has 39 heavy (non-hydrogen) atoms. The van der Waals surface area contributed by atoms with Crippen LogP contribution in [0.1, 0.15) is 52.1 Å². The van der Waals surface area contributed by atoms with Crippen LogP contribution < -0.4 is 14.2 Å². The van der Waals surface area contributed by atoms with Gasteiger partial charge in [-0.1, -0.05) is 52.1 Å². The number of hydrogen-bond acceptors (Lipinski definition) is 7. The Morgan fingerprint density at radius 3 is 2.51 bits per heavy atom. The lowest BCUT2D eigenvalue weighted by molar-refractivity contribution is 0.0597. The molecule has 1 atom stereocenters. The monoisotopic (exact) mass is 585 g/mol. The molecule has 7 nitrogen and oxygen atoms in total. The molecular formula is C29H22Cl3NO6. The highest BCUT2D eigenvalue weighted by molar-refractivity contribution is 6.39. The number of carbonyl (C=O) groups excluding carboxylic acids is 1. The van der Waals surface area contributed by atoms with Crippen LogP contribution in [0.15, 0.2) is 59.1 Å². The Kier molecular flexibility index (Phi) is 7.06. The molecule has 1 saturated carbocycles. The lowest BCUT2D eigenvalue weighted by Gasteiger charge is -2.27. The number of benzene rings is 3. The molecule has 0 radical (unpaired) electrons. The highest BCUT2D eigenvalue weighted by Gasteiger charge is 2.34. The Bertz CT molecular complexity index is 1540. The van der Waals surface area contributed by atoms with Crippen molar-refractivity contribution in [3.8, 4) is 28.5 Å². The minimum atomic E-state index is -0.445. The van der Waals surface area contributed by atoms with Gasteiger partial charge in [-0.3, -0.25) is 0 Å². The van der Waals surface area contributed by atoms with Crippen molar-refractivity contribution in [1.29, 1.82) is 0 Å². The summed E-state index contributed by atoms with van der Waals surface area (Å²) >= 11 is 19.6. The lowest BCUT2D eigenvalue weighted by Crippen LogP contribution is -2.22. The summed E-state index contributed by atoms with van der Waals surface area (Å²) in [4.78, 5) is 11.8. The molecule has 1 fully saturated rings. The second-order valence-electron chi connectivity index (χ2n) is 9.29. The van der Waals surface area contributed by atoms with Crippen molar-refractivity contribution in [3.63, 3.8) is 0 Å². The minimum absolute atomic E-state index is 0.209. The molecule has 0 N–H and O–H groups in total. The number of nitrogens with zero attached hydrogens (tertiary/aromatic N) is 1. The average molecular weight is 587 g/mol. The third-order valence-corrected chi connectivity index (χ3v) is 7.65. The van der Waals surface area contributed by atoms with Gasteiger partial charge in [0.25, 0.3) is 0 Å². The zero-order chi connectivity index (χ0) is 27.1.